The van der Waals surface area contributed by atoms with Gasteiger partial charge < -0.3 is 9.64 Å². The first-order chi connectivity index (χ1) is 13.7. The molecule has 0 unspecified atom stereocenters. The minimum absolute atomic E-state index is 0.126. The first-order valence-corrected chi connectivity index (χ1v) is 11.3. The van der Waals surface area contributed by atoms with Crippen LogP contribution < -0.4 is 4.74 Å². The van der Waals surface area contributed by atoms with E-state index >= 15 is 0 Å². The molecule has 0 radical (unpaired) electrons. The standard InChI is InChI=1S/C21H27N3O4S/c1-15-19(16(2)24(22-15)18-11-12-29(26,27)14-18)13-23(3)21(25)10-9-17-7-5-6-8-20(17)28-4/h5-10,18H,11-14H2,1-4H3/b10-9+/t18-/m0/s1. The summed E-state index contributed by atoms with van der Waals surface area (Å²) < 4.78 is 30.7. The van der Waals surface area contributed by atoms with Crippen LogP contribution in [0.15, 0.2) is 30.3 Å². The summed E-state index contributed by atoms with van der Waals surface area (Å²) in [4.78, 5) is 14.2. The van der Waals surface area contributed by atoms with Gasteiger partial charge in [0.25, 0.3) is 0 Å². The fourth-order valence-corrected chi connectivity index (χ4v) is 5.35. The summed E-state index contributed by atoms with van der Waals surface area (Å²) in [6.07, 6.45) is 3.85. The summed E-state index contributed by atoms with van der Waals surface area (Å²) in [5.41, 5.74) is 3.52. The number of hydrogen-bond acceptors (Lipinski definition) is 5. The summed E-state index contributed by atoms with van der Waals surface area (Å²) in [6.45, 7) is 4.24. The van der Waals surface area contributed by atoms with Gasteiger partial charge in [0.15, 0.2) is 9.84 Å². The highest BCUT2D eigenvalue weighted by Crippen LogP contribution is 2.27. The Morgan fingerprint density at radius 3 is 2.72 bits per heavy atom. The van der Waals surface area contributed by atoms with Crippen molar-refractivity contribution >= 4 is 21.8 Å². The predicted octanol–water partition coefficient (Wildman–Crippen LogP) is 2.54. The van der Waals surface area contributed by atoms with E-state index < -0.39 is 9.84 Å². The molecular formula is C21H27N3O4S. The average molecular weight is 418 g/mol. The van der Waals surface area contributed by atoms with Crippen molar-refractivity contribution in [3.63, 3.8) is 0 Å². The molecule has 1 aromatic carbocycles. The number of para-hydroxylation sites is 1. The molecule has 2 aromatic rings. The van der Waals surface area contributed by atoms with Crippen LogP contribution in [-0.4, -0.2) is 54.7 Å². The van der Waals surface area contributed by atoms with Gasteiger partial charge >= 0.3 is 0 Å². The van der Waals surface area contributed by atoms with Crippen molar-refractivity contribution < 1.29 is 17.9 Å². The molecule has 1 fully saturated rings. The summed E-state index contributed by atoms with van der Waals surface area (Å²) in [6, 6.07) is 7.37. The number of carbonyl (C=O) groups is 1. The second-order valence-corrected chi connectivity index (χ2v) is 9.65. The van der Waals surface area contributed by atoms with Crippen molar-refractivity contribution in [2.24, 2.45) is 0 Å². The summed E-state index contributed by atoms with van der Waals surface area (Å²) in [5, 5.41) is 4.57. The Hall–Kier alpha value is -2.61. The maximum atomic E-state index is 12.6. The third-order valence-corrected chi connectivity index (χ3v) is 7.10. The van der Waals surface area contributed by atoms with E-state index in [0.29, 0.717) is 18.7 Å². The van der Waals surface area contributed by atoms with Crippen LogP contribution in [0.25, 0.3) is 6.08 Å². The maximum Gasteiger partial charge on any atom is 0.246 e. The van der Waals surface area contributed by atoms with Crippen LogP contribution in [0.2, 0.25) is 0 Å². The lowest BCUT2D eigenvalue weighted by molar-refractivity contribution is -0.125. The molecule has 0 bridgehead atoms. The number of aryl methyl sites for hydroxylation is 1. The minimum Gasteiger partial charge on any atom is -0.496 e. The Morgan fingerprint density at radius 1 is 1.34 bits per heavy atom. The average Bonchev–Trinajstić information content (AvgIpc) is 3.19. The van der Waals surface area contributed by atoms with Gasteiger partial charge in [-0.25, -0.2) is 8.42 Å². The van der Waals surface area contributed by atoms with Gasteiger partial charge in [-0.3, -0.25) is 9.48 Å². The zero-order chi connectivity index (χ0) is 21.2. The van der Waals surface area contributed by atoms with E-state index in [1.165, 1.54) is 6.08 Å². The van der Waals surface area contributed by atoms with Crippen molar-refractivity contribution in [3.05, 3.63) is 52.9 Å². The lowest BCUT2D eigenvalue weighted by Crippen LogP contribution is -2.24. The van der Waals surface area contributed by atoms with Gasteiger partial charge in [0.05, 0.1) is 30.4 Å². The largest absolute Gasteiger partial charge is 0.496 e. The molecule has 1 amide bonds. The monoisotopic (exact) mass is 417 g/mol. The van der Waals surface area contributed by atoms with Gasteiger partial charge in [-0.1, -0.05) is 18.2 Å². The predicted molar refractivity (Wildman–Crippen MR) is 113 cm³/mol. The molecule has 0 spiro atoms. The number of methoxy groups -OCH3 is 1. The Morgan fingerprint density at radius 2 is 2.07 bits per heavy atom. The molecule has 0 saturated carbocycles. The number of rotatable bonds is 6. The van der Waals surface area contributed by atoms with Crippen molar-refractivity contribution in [1.29, 1.82) is 0 Å². The molecule has 1 saturated heterocycles. The fraction of sp³-hybridized carbons (Fsp3) is 0.429. The Kier molecular flexibility index (Phi) is 6.12. The molecule has 0 aliphatic carbocycles. The SMILES string of the molecule is COc1ccccc1/C=C/C(=O)N(C)Cc1c(C)nn([C@H]2CCS(=O)(=O)C2)c1C. The second-order valence-electron chi connectivity index (χ2n) is 7.42. The normalized spacial score (nSPS) is 18.3. The number of ether oxygens (including phenoxy) is 1. The smallest absolute Gasteiger partial charge is 0.246 e. The first-order valence-electron chi connectivity index (χ1n) is 9.53. The number of amides is 1. The fourth-order valence-electron chi connectivity index (χ4n) is 3.66. The number of nitrogens with zero attached hydrogens (tertiary/aromatic N) is 3. The Balaban J connectivity index is 1.73. The Bertz CT molecular complexity index is 1040. The highest BCUT2D eigenvalue weighted by Gasteiger charge is 2.31. The van der Waals surface area contributed by atoms with Gasteiger partial charge in [0, 0.05) is 36.5 Å². The lowest BCUT2D eigenvalue weighted by atomic mass is 10.1. The van der Waals surface area contributed by atoms with Crippen LogP contribution in [0.3, 0.4) is 0 Å². The van der Waals surface area contributed by atoms with Gasteiger partial charge in [-0.15, -0.1) is 0 Å². The topological polar surface area (TPSA) is 81.5 Å². The van der Waals surface area contributed by atoms with E-state index in [-0.39, 0.29) is 23.5 Å². The lowest BCUT2D eigenvalue weighted by Gasteiger charge is -2.16. The molecule has 1 aliphatic heterocycles. The minimum atomic E-state index is -2.98. The van der Waals surface area contributed by atoms with Gasteiger partial charge in [-0.05, 0) is 32.4 Å². The van der Waals surface area contributed by atoms with Crippen molar-refractivity contribution in [3.8, 4) is 5.75 Å². The molecule has 3 rings (SSSR count). The third kappa shape index (κ3) is 4.70. The molecule has 1 atom stereocenters. The zero-order valence-corrected chi connectivity index (χ0v) is 18.1. The number of likely N-dealkylation sites (N-methyl/N-ethyl adjacent to an activating group) is 1. The number of benzene rings is 1. The summed E-state index contributed by atoms with van der Waals surface area (Å²) in [7, 11) is 0.353. The van der Waals surface area contributed by atoms with E-state index in [9.17, 15) is 13.2 Å². The molecule has 2 heterocycles. The van der Waals surface area contributed by atoms with E-state index in [1.807, 2.05) is 42.8 Å². The molecule has 1 aromatic heterocycles. The van der Waals surface area contributed by atoms with Crippen LogP contribution in [0, 0.1) is 13.8 Å². The van der Waals surface area contributed by atoms with Gasteiger partial charge in [0.2, 0.25) is 5.91 Å². The highest BCUT2D eigenvalue weighted by molar-refractivity contribution is 7.91. The maximum absolute atomic E-state index is 12.6. The Labute approximate surface area is 171 Å². The number of sulfone groups is 1. The van der Waals surface area contributed by atoms with E-state index in [0.717, 1.165) is 22.5 Å². The molecule has 29 heavy (non-hydrogen) atoms. The molecule has 7 nitrogen and oxygen atoms in total. The second kappa shape index (κ2) is 8.41. The van der Waals surface area contributed by atoms with Crippen LogP contribution >= 0.6 is 0 Å². The molecule has 1 aliphatic rings. The molecule has 156 valence electrons. The van der Waals surface area contributed by atoms with Gasteiger partial charge in [-0.2, -0.15) is 5.10 Å². The van der Waals surface area contributed by atoms with E-state index in [4.69, 9.17) is 4.74 Å². The molecule has 0 N–H and O–H groups in total. The van der Waals surface area contributed by atoms with Crippen LogP contribution in [0.1, 0.15) is 35.0 Å². The van der Waals surface area contributed by atoms with Crippen LogP contribution in [-0.2, 0) is 21.2 Å². The van der Waals surface area contributed by atoms with Crippen LogP contribution in [0.4, 0.5) is 0 Å². The molecule has 8 heteroatoms. The first kappa shape index (κ1) is 21.1. The quantitative estimate of drug-likeness (QED) is 0.675. The third-order valence-electron chi connectivity index (χ3n) is 5.35. The molecular weight excluding hydrogens is 390 g/mol. The number of hydrogen-bond donors (Lipinski definition) is 0. The van der Waals surface area contributed by atoms with Gasteiger partial charge in [0.1, 0.15) is 5.75 Å². The van der Waals surface area contributed by atoms with E-state index in [2.05, 4.69) is 5.10 Å². The van der Waals surface area contributed by atoms with E-state index in [1.54, 1.807) is 25.1 Å². The zero-order valence-electron chi connectivity index (χ0n) is 17.3. The highest BCUT2D eigenvalue weighted by atomic mass is 32.2. The van der Waals surface area contributed by atoms with Crippen molar-refractivity contribution in [1.82, 2.24) is 14.7 Å². The van der Waals surface area contributed by atoms with Crippen molar-refractivity contribution in [2.75, 3.05) is 25.7 Å². The summed E-state index contributed by atoms with van der Waals surface area (Å²) >= 11 is 0. The van der Waals surface area contributed by atoms with Crippen molar-refractivity contribution in [2.45, 2.75) is 32.9 Å². The number of aromatic nitrogens is 2. The summed E-state index contributed by atoms with van der Waals surface area (Å²) in [5.74, 6) is 0.909. The number of carbonyl (C=O) groups excluding carboxylic acids is 1. The van der Waals surface area contributed by atoms with Crippen LogP contribution in [0.5, 0.6) is 5.75 Å².